The summed E-state index contributed by atoms with van der Waals surface area (Å²) in [5.41, 5.74) is 2.06. The first-order chi connectivity index (χ1) is 11.1. The summed E-state index contributed by atoms with van der Waals surface area (Å²) < 4.78 is 0. The van der Waals surface area contributed by atoms with Gasteiger partial charge in [-0.05, 0) is 31.0 Å². The summed E-state index contributed by atoms with van der Waals surface area (Å²) in [5, 5.41) is 6.66. The number of hydrogen-bond donors (Lipinski definition) is 2. The molecule has 0 saturated heterocycles. The average Bonchev–Trinajstić information content (AvgIpc) is 2.54. The van der Waals surface area contributed by atoms with Crippen molar-refractivity contribution < 1.29 is 4.79 Å². The lowest BCUT2D eigenvalue weighted by Gasteiger charge is -2.09. The monoisotopic (exact) mass is 332 g/mol. The van der Waals surface area contributed by atoms with E-state index in [1.165, 1.54) is 0 Å². The fourth-order valence-corrected chi connectivity index (χ4v) is 2.25. The van der Waals surface area contributed by atoms with E-state index in [0.717, 1.165) is 24.1 Å². The Hall–Kier alpha value is -2.14. The molecule has 0 saturated carbocycles. The first kappa shape index (κ1) is 17.2. The molecule has 1 aromatic carbocycles. The van der Waals surface area contributed by atoms with Crippen LogP contribution < -0.4 is 10.6 Å². The predicted octanol–water partition coefficient (Wildman–Crippen LogP) is 3.58. The summed E-state index contributed by atoms with van der Waals surface area (Å²) in [6.45, 7) is 5.07. The third kappa shape index (κ3) is 5.21. The summed E-state index contributed by atoms with van der Waals surface area (Å²) >= 11 is 6.13. The molecule has 5 nitrogen and oxygen atoms in total. The molecule has 122 valence electrons. The van der Waals surface area contributed by atoms with E-state index >= 15 is 0 Å². The zero-order valence-electron chi connectivity index (χ0n) is 13.4. The number of carbonyl (C=O) groups is 1. The average molecular weight is 333 g/mol. The van der Waals surface area contributed by atoms with Gasteiger partial charge in [0.25, 0.3) is 5.91 Å². The molecular weight excluding hydrogens is 312 g/mol. The molecule has 0 aliphatic heterocycles. The fraction of sp³-hybridized carbons (Fsp3) is 0.353. The lowest BCUT2D eigenvalue weighted by molar-refractivity contribution is 0.0948. The standard InChI is InChI=1S/C17H21ClN4O/c1-3-4-9-19-16(23)15-10-12(2)21-17(22-15)20-11-13-7-5-6-8-14(13)18/h5-8,10H,3-4,9,11H2,1-2H3,(H,19,23)(H,20,21,22). The molecule has 0 spiro atoms. The van der Waals surface area contributed by atoms with Crippen molar-refractivity contribution in [2.24, 2.45) is 0 Å². The molecule has 2 rings (SSSR count). The lowest BCUT2D eigenvalue weighted by atomic mass is 10.2. The number of rotatable bonds is 7. The smallest absolute Gasteiger partial charge is 0.270 e. The first-order valence-corrected chi connectivity index (χ1v) is 8.09. The molecule has 0 bridgehead atoms. The third-order valence-corrected chi connectivity index (χ3v) is 3.67. The Morgan fingerprint density at radius 3 is 2.78 bits per heavy atom. The van der Waals surface area contributed by atoms with Crippen molar-refractivity contribution in [1.82, 2.24) is 15.3 Å². The van der Waals surface area contributed by atoms with Crippen LogP contribution in [0.4, 0.5) is 5.95 Å². The highest BCUT2D eigenvalue weighted by Gasteiger charge is 2.10. The van der Waals surface area contributed by atoms with Gasteiger partial charge >= 0.3 is 0 Å². The Balaban J connectivity index is 2.05. The van der Waals surface area contributed by atoms with Crippen LogP contribution in [0.1, 0.15) is 41.5 Å². The molecule has 0 fully saturated rings. The van der Waals surface area contributed by atoms with Gasteiger partial charge in [-0.2, -0.15) is 0 Å². The van der Waals surface area contributed by atoms with Gasteiger partial charge in [-0.3, -0.25) is 4.79 Å². The van der Waals surface area contributed by atoms with Crippen LogP contribution in [0.2, 0.25) is 5.02 Å². The van der Waals surface area contributed by atoms with Gasteiger partial charge in [0.2, 0.25) is 5.95 Å². The van der Waals surface area contributed by atoms with Crippen molar-refractivity contribution in [3.8, 4) is 0 Å². The number of hydrogen-bond acceptors (Lipinski definition) is 4. The Morgan fingerprint density at radius 1 is 1.26 bits per heavy atom. The first-order valence-electron chi connectivity index (χ1n) is 7.71. The minimum Gasteiger partial charge on any atom is -0.351 e. The Morgan fingerprint density at radius 2 is 2.04 bits per heavy atom. The number of aryl methyl sites for hydroxylation is 1. The van der Waals surface area contributed by atoms with Gasteiger partial charge in [-0.15, -0.1) is 0 Å². The number of carbonyl (C=O) groups excluding carboxylic acids is 1. The largest absolute Gasteiger partial charge is 0.351 e. The summed E-state index contributed by atoms with van der Waals surface area (Å²) in [7, 11) is 0. The SMILES string of the molecule is CCCCNC(=O)c1cc(C)nc(NCc2ccccc2Cl)n1. The summed E-state index contributed by atoms with van der Waals surface area (Å²) in [4.78, 5) is 20.7. The van der Waals surface area contributed by atoms with Crippen molar-refractivity contribution in [3.63, 3.8) is 0 Å². The number of unbranched alkanes of at least 4 members (excludes halogenated alkanes) is 1. The maximum Gasteiger partial charge on any atom is 0.270 e. The molecule has 1 amide bonds. The Labute approximate surface area is 141 Å². The number of nitrogens with one attached hydrogen (secondary N) is 2. The summed E-state index contributed by atoms with van der Waals surface area (Å²) in [6.07, 6.45) is 1.99. The molecule has 23 heavy (non-hydrogen) atoms. The second kappa shape index (κ2) is 8.48. The van der Waals surface area contributed by atoms with Crippen molar-refractivity contribution in [1.29, 1.82) is 0 Å². The van der Waals surface area contributed by atoms with Crippen LogP contribution >= 0.6 is 11.6 Å². The highest BCUT2D eigenvalue weighted by atomic mass is 35.5. The number of nitrogens with zero attached hydrogens (tertiary/aromatic N) is 2. The molecule has 2 N–H and O–H groups in total. The summed E-state index contributed by atoms with van der Waals surface area (Å²) in [6, 6.07) is 9.26. The van der Waals surface area contributed by atoms with Gasteiger partial charge in [-0.1, -0.05) is 43.1 Å². The van der Waals surface area contributed by atoms with Crippen LogP contribution in [0.15, 0.2) is 30.3 Å². The lowest BCUT2D eigenvalue weighted by Crippen LogP contribution is -2.26. The molecule has 2 aromatic rings. The predicted molar refractivity (Wildman–Crippen MR) is 92.8 cm³/mol. The molecule has 1 heterocycles. The van der Waals surface area contributed by atoms with E-state index in [1.54, 1.807) is 6.07 Å². The zero-order valence-corrected chi connectivity index (χ0v) is 14.2. The van der Waals surface area contributed by atoms with E-state index in [9.17, 15) is 4.79 Å². The van der Waals surface area contributed by atoms with Crippen molar-refractivity contribution in [3.05, 3.63) is 52.3 Å². The van der Waals surface area contributed by atoms with Crippen LogP contribution in [0, 0.1) is 6.92 Å². The summed E-state index contributed by atoms with van der Waals surface area (Å²) in [5.74, 6) is 0.246. The van der Waals surface area contributed by atoms with Crippen LogP contribution in [0.5, 0.6) is 0 Å². The Bertz CT molecular complexity index is 675. The second-order valence-electron chi connectivity index (χ2n) is 5.27. The zero-order chi connectivity index (χ0) is 16.7. The molecular formula is C17H21ClN4O. The fourth-order valence-electron chi connectivity index (χ4n) is 2.05. The maximum atomic E-state index is 12.1. The van der Waals surface area contributed by atoms with Crippen LogP contribution in [0.25, 0.3) is 0 Å². The van der Waals surface area contributed by atoms with Crippen molar-refractivity contribution in [2.75, 3.05) is 11.9 Å². The minimum atomic E-state index is -0.176. The number of anilines is 1. The van der Waals surface area contributed by atoms with Gasteiger partial charge in [0, 0.05) is 23.8 Å². The normalized spacial score (nSPS) is 10.4. The van der Waals surface area contributed by atoms with Crippen molar-refractivity contribution in [2.45, 2.75) is 33.2 Å². The molecule has 0 radical (unpaired) electrons. The maximum absolute atomic E-state index is 12.1. The van der Waals surface area contributed by atoms with Gasteiger partial charge in [-0.25, -0.2) is 9.97 Å². The molecule has 0 aliphatic rings. The van der Waals surface area contributed by atoms with Crippen molar-refractivity contribution >= 4 is 23.5 Å². The highest BCUT2D eigenvalue weighted by Crippen LogP contribution is 2.16. The van der Waals surface area contributed by atoms with Crippen LogP contribution in [-0.2, 0) is 6.54 Å². The van der Waals surface area contributed by atoms with Crippen LogP contribution in [0.3, 0.4) is 0 Å². The van der Waals surface area contributed by atoms with Gasteiger partial charge in [0.05, 0.1) is 0 Å². The van der Waals surface area contributed by atoms with E-state index in [-0.39, 0.29) is 5.91 Å². The second-order valence-corrected chi connectivity index (χ2v) is 5.68. The molecule has 0 atom stereocenters. The molecule has 1 aromatic heterocycles. The Kier molecular flexibility index (Phi) is 6.35. The van der Waals surface area contributed by atoms with E-state index in [4.69, 9.17) is 11.6 Å². The topological polar surface area (TPSA) is 66.9 Å². The third-order valence-electron chi connectivity index (χ3n) is 3.30. The number of halogens is 1. The highest BCUT2D eigenvalue weighted by molar-refractivity contribution is 6.31. The van der Waals surface area contributed by atoms with Gasteiger partial charge in [0.15, 0.2) is 0 Å². The molecule has 0 unspecified atom stereocenters. The number of benzene rings is 1. The minimum absolute atomic E-state index is 0.176. The molecule has 0 aliphatic carbocycles. The van der Waals surface area contributed by atoms with Crippen LogP contribution in [-0.4, -0.2) is 22.4 Å². The quantitative estimate of drug-likeness (QED) is 0.760. The number of aromatic nitrogens is 2. The van der Waals surface area contributed by atoms with E-state index in [1.807, 2.05) is 31.2 Å². The van der Waals surface area contributed by atoms with E-state index < -0.39 is 0 Å². The molecule has 6 heteroatoms. The van der Waals surface area contributed by atoms with Gasteiger partial charge < -0.3 is 10.6 Å². The van der Waals surface area contributed by atoms with E-state index in [0.29, 0.717) is 29.8 Å². The van der Waals surface area contributed by atoms with E-state index in [2.05, 4.69) is 27.5 Å². The van der Waals surface area contributed by atoms with Gasteiger partial charge in [0.1, 0.15) is 5.69 Å². The number of amides is 1.